The van der Waals surface area contributed by atoms with E-state index in [2.05, 4.69) is 37.4 Å². The number of aliphatic hydroxyl groups excluding tert-OH is 3. The van der Waals surface area contributed by atoms with E-state index in [0.717, 1.165) is 32.1 Å². The third-order valence-corrected chi connectivity index (χ3v) is 6.57. The molecule has 1 amide bonds. The zero-order valence-electron chi connectivity index (χ0n) is 22.9. The largest absolute Gasteiger partial charge is 0.394 e. The Bertz CT molecular complexity index is 520. The van der Waals surface area contributed by atoms with Crippen LogP contribution in [0.15, 0.2) is 24.3 Å². The van der Waals surface area contributed by atoms with Crippen molar-refractivity contribution in [3.8, 4) is 0 Å². The second kappa shape index (κ2) is 25.9. The number of rotatable bonds is 25. The van der Waals surface area contributed by atoms with Gasteiger partial charge in [0.15, 0.2) is 0 Å². The molecule has 3 atom stereocenters. The van der Waals surface area contributed by atoms with Gasteiger partial charge >= 0.3 is 0 Å². The molecule has 35 heavy (non-hydrogen) atoms. The van der Waals surface area contributed by atoms with Crippen LogP contribution in [0.4, 0.5) is 0 Å². The van der Waals surface area contributed by atoms with Crippen LogP contribution in [-0.2, 0) is 4.79 Å². The Morgan fingerprint density at radius 3 is 1.80 bits per heavy atom. The number of nitrogens with one attached hydrogen (secondary N) is 1. The van der Waals surface area contributed by atoms with Crippen LogP contribution < -0.4 is 5.32 Å². The van der Waals surface area contributed by atoms with Crippen molar-refractivity contribution in [2.24, 2.45) is 0 Å². The van der Waals surface area contributed by atoms with E-state index in [9.17, 15) is 20.1 Å². The molecular formula is C30H57NO4. The SMILES string of the molecule is CCCCCCCC/C=C\C/C=C\CCC(=O)NC(CO)C(O)C(O)CCCCCCCCCC. The van der Waals surface area contributed by atoms with Crippen molar-refractivity contribution >= 4 is 5.91 Å². The Labute approximate surface area is 216 Å². The number of hydrogen-bond donors (Lipinski definition) is 4. The fourth-order valence-electron chi connectivity index (χ4n) is 4.21. The smallest absolute Gasteiger partial charge is 0.220 e. The molecular weight excluding hydrogens is 438 g/mol. The lowest BCUT2D eigenvalue weighted by Crippen LogP contribution is -2.50. The molecule has 0 aliphatic heterocycles. The molecule has 4 N–H and O–H groups in total. The molecule has 0 aromatic heterocycles. The van der Waals surface area contributed by atoms with Gasteiger partial charge in [0.25, 0.3) is 0 Å². The predicted molar refractivity (Wildman–Crippen MR) is 148 cm³/mol. The summed E-state index contributed by atoms with van der Waals surface area (Å²) >= 11 is 0. The van der Waals surface area contributed by atoms with Crippen LogP contribution in [0.25, 0.3) is 0 Å². The van der Waals surface area contributed by atoms with E-state index < -0.39 is 18.2 Å². The summed E-state index contributed by atoms with van der Waals surface area (Å²) in [4.78, 5) is 12.2. The van der Waals surface area contributed by atoms with Crippen LogP contribution in [0.1, 0.15) is 136 Å². The summed E-state index contributed by atoms with van der Waals surface area (Å²) in [5.74, 6) is -0.217. The topological polar surface area (TPSA) is 89.8 Å². The summed E-state index contributed by atoms with van der Waals surface area (Å²) in [7, 11) is 0. The minimum absolute atomic E-state index is 0.217. The third kappa shape index (κ3) is 21.8. The number of amides is 1. The van der Waals surface area contributed by atoms with Crippen molar-refractivity contribution in [2.75, 3.05) is 6.61 Å². The summed E-state index contributed by atoms with van der Waals surface area (Å²) < 4.78 is 0. The van der Waals surface area contributed by atoms with Crippen molar-refractivity contribution in [3.63, 3.8) is 0 Å². The summed E-state index contributed by atoms with van der Waals surface area (Å²) in [6.07, 6.45) is 27.1. The molecule has 0 spiro atoms. The van der Waals surface area contributed by atoms with E-state index in [0.29, 0.717) is 19.3 Å². The number of allylic oxidation sites excluding steroid dienone is 4. The predicted octanol–water partition coefficient (Wildman–Crippen LogP) is 6.75. The minimum Gasteiger partial charge on any atom is -0.394 e. The highest BCUT2D eigenvalue weighted by Gasteiger charge is 2.26. The van der Waals surface area contributed by atoms with Gasteiger partial charge in [-0.05, 0) is 32.1 Å². The number of unbranched alkanes of at least 4 members (excludes halogenated alkanes) is 13. The van der Waals surface area contributed by atoms with Crippen LogP contribution in [0.2, 0.25) is 0 Å². The minimum atomic E-state index is -1.15. The van der Waals surface area contributed by atoms with Gasteiger partial charge in [-0.25, -0.2) is 0 Å². The zero-order chi connectivity index (χ0) is 26.0. The van der Waals surface area contributed by atoms with Crippen LogP contribution in [0, 0.1) is 0 Å². The number of carbonyl (C=O) groups is 1. The normalized spacial score (nSPS) is 14.5. The van der Waals surface area contributed by atoms with Crippen molar-refractivity contribution in [1.82, 2.24) is 5.32 Å². The molecule has 0 bridgehead atoms. The number of aliphatic hydroxyl groups is 3. The van der Waals surface area contributed by atoms with Gasteiger partial charge in [-0.1, -0.05) is 122 Å². The first-order valence-corrected chi connectivity index (χ1v) is 14.6. The van der Waals surface area contributed by atoms with Crippen molar-refractivity contribution in [2.45, 2.75) is 154 Å². The lowest BCUT2D eigenvalue weighted by Gasteiger charge is -2.26. The highest BCUT2D eigenvalue weighted by molar-refractivity contribution is 5.76. The zero-order valence-corrected chi connectivity index (χ0v) is 22.9. The highest BCUT2D eigenvalue weighted by Crippen LogP contribution is 2.13. The number of hydrogen-bond acceptors (Lipinski definition) is 4. The van der Waals surface area contributed by atoms with Gasteiger partial charge < -0.3 is 20.6 Å². The van der Waals surface area contributed by atoms with E-state index in [-0.39, 0.29) is 12.5 Å². The van der Waals surface area contributed by atoms with Gasteiger partial charge in [-0.2, -0.15) is 0 Å². The standard InChI is InChI=1S/C30H57NO4/c1-3-5-7-9-11-13-14-15-16-17-19-21-23-25-29(34)31-27(26-32)30(35)28(33)24-22-20-18-12-10-8-6-4-2/h15-16,19,21,27-28,30,32-33,35H,3-14,17-18,20,22-26H2,1-2H3,(H,31,34)/b16-15-,21-19-. The number of carbonyl (C=O) groups excluding carboxylic acids is 1. The molecule has 0 radical (unpaired) electrons. The lowest BCUT2D eigenvalue weighted by molar-refractivity contribution is -0.124. The quantitative estimate of drug-likeness (QED) is 0.0833. The maximum atomic E-state index is 12.2. The molecule has 0 saturated heterocycles. The molecule has 0 saturated carbocycles. The summed E-state index contributed by atoms with van der Waals surface area (Å²) in [6, 6.07) is -0.833. The van der Waals surface area contributed by atoms with Gasteiger partial charge in [0, 0.05) is 6.42 Å². The van der Waals surface area contributed by atoms with Gasteiger partial charge in [0.2, 0.25) is 5.91 Å². The van der Waals surface area contributed by atoms with E-state index >= 15 is 0 Å². The van der Waals surface area contributed by atoms with E-state index in [1.165, 1.54) is 70.6 Å². The highest BCUT2D eigenvalue weighted by atomic mass is 16.3. The van der Waals surface area contributed by atoms with E-state index in [1.807, 2.05) is 6.08 Å². The molecule has 206 valence electrons. The lowest BCUT2D eigenvalue weighted by atomic mass is 9.99. The first-order valence-electron chi connectivity index (χ1n) is 14.6. The molecule has 3 unspecified atom stereocenters. The maximum absolute atomic E-state index is 12.2. The Balaban J connectivity index is 3.89. The Kier molecular flexibility index (Phi) is 25.0. The first kappa shape index (κ1) is 33.8. The monoisotopic (exact) mass is 495 g/mol. The van der Waals surface area contributed by atoms with Crippen molar-refractivity contribution in [1.29, 1.82) is 0 Å². The molecule has 0 fully saturated rings. The van der Waals surface area contributed by atoms with E-state index in [4.69, 9.17) is 0 Å². The van der Waals surface area contributed by atoms with E-state index in [1.54, 1.807) is 0 Å². The molecule has 0 rings (SSSR count). The summed E-state index contributed by atoms with van der Waals surface area (Å²) in [5.41, 5.74) is 0. The fraction of sp³-hybridized carbons (Fsp3) is 0.833. The Morgan fingerprint density at radius 1 is 0.714 bits per heavy atom. The fourth-order valence-corrected chi connectivity index (χ4v) is 4.21. The maximum Gasteiger partial charge on any atom is 0.220 e. The van der Waals surface area contributed by atoms with Gasteiger partial charge in [-0.15, -0.1) is 0 Å². The Hall–Kier alpha value is -1.17. The van der Waals surface area contributed by atoms with Crippen LogP contribution in [0.5, 0.6) is 0 Å². The molecule has 0 aromatic carbocycles. The van der Waals surface area contributed by atoms with Crippen molar-refractivity contribution < 1.29 is 20.1 Å². The van der Waals surface area contributed by atoms with Crippen LogP contribution in [-0.4, -0.2) is 46.1 Å². The van der Waals surface area contributed by atoms with Gasteiger partial charge in [-0.3, -0.25) is 4.79 Å². The summed E-state index contributed by atoms with van der Waals surface area (Å²) in [6.45, 7) is 4.06. The average Bonchev–Trinajstić information content (AvgIpc) is 2.86. The molecule has 0 aliphatic carbocycles. The molecule has 5 nitrogen and oxygen atoms in total. The van der Waals surface area contributed by atoms with Crippen LogP contribution >= 0.6 is 0 Å². The van der Waals surface area contributed by atoms with Crippen LogP contribution in [0.3, 0.4) is 0 Å². The average molecular weight is 496 g/mol. The first-order chi connectivity index (χ1) is 17.1. The second-order valence-corrected chi connectivity index (χ2v) is 9.95. The molecule has 0 aliphatic rings. The summed E-state index contributed by atoms with van der Waals surface area (Å²) in [5, 5.41) is 32.9. The van der Waals surface area contributed by atoms with Gasteiger partial charge in [0.1, 0.15) is 6.10 Å². The second-order valence-electron chi connectivity index (χ2n) is 9.95. The Morgan fingerprint density at radius 2 is 1.23 bits per heavy atom. The molecule has 0 aromatic rings. The molecule has 0 heterocycles. The molecule has 5 heteroatoms. The van der Waals surface area contributed by atoms with Crippen molar-refractivity contribution in [3.05, 3.63) is 24.3 Å². The third-order valence-electron chi connectivity index (χ3n) is 6.57. The van der Waals surface area contributed by atoms with Gasteiger partial charge in [0.05, 0.1) is 18.8 Å².